The van der Waals surface area contributed by atoms with E-state index in [0.29, 0.717) is 23.6 Å². The number of methoxy groups -OCH3 is 1. The Balaban J connectivity index is 1.33. The van der Waals surface area contributed by atoms with Gasteiger partial charge in [-0.2, -0.15) is 0 Å². The Bertz CT molecular complexity index is 1280. The molecule has 1 unspecified atom stereocenters. The Kier molecular flexibility index (Phi) is 8.21. The number of aromatic nitrogens is 2. The van der Waals surface area contributed by atoms with Crippen molar-refractivity contribution in [3.05, 3.63) is 40.3 Å². The molecule has 4 bridgehead atoms. The molecule has 0 radical (unpaired) electrons. The predicted octanol–water partition coefficient (Wildman–Crippen LogP) is 4.77. The van der Waals surface area contributed by atoms with Gasteiger partial charge in [-0.15, -0.1) is 0 Å². The number of oxime groups is 1. The molecule has 216 valence electrons. The maximum absolute atomic E-state index is 14.1. The standard InChI is InChI=1S/C31H42N4O5/c1-39-13-14-40-33-29(31(37)38)28-30(36)35(27-12-5-4-11-26(27)32-28)25-18-22-9-6-10-23(19-25)34(22)24-16-20-7-2-3-8-21(15-20)17-24/h4-5,11-12,20-25H,2-3,6-10,13-19H2,1H3,(H,37,38)/b33-29-/t20-,21+,22-,23+,24-,25?. The minimum atomic E-state index is -1.34. The molecule has 2 aliphatic heterocycles. The normalized spacial score (nSPS) is 31.1. The van der Waals surface area contributed by atoms with Crippen molar-refractivity contribution in [3.63, 3.8) is 0 Å². The fraction of sp³-hybridized carbons (Fsp3) is 0.677. The van der Waals surface area contributed by atoms with Crippen LogP contribution in [0, 0.1) is 11.8 Å². The zero-order chi connectivity index (χ0) is 27.6. The van der Waals surface area contributed by atoms with Gasteiger partial charge in [0.2, 0.25) is 5.71 Å². The van der Waals surface area contributed by atoms with Crippen LogP contribution in [-0.2, 0) is 14.4 Å². The molecule has 1 N–H and O–H groups in total. The van der Waals surface area contributed by atoms with E-state index in [9.17, 15) is 14.7 Å². The van der Waals surface area contributed by atoms with Gasteiger partial charge in [0.15, 0.2) is 5.69 Å². The molecule has 6 rings (SSSR count). The minimum Gasteiger partial charge on any atom is -0.476 e. The van der Waals surface area contributed by atoms with Crippen molar-refractivity contribution >= 4 is 22.7 Å². The largest absolute Gasteiger partial charge is 0.476 e. The summed E-state index contributed by atoms with van der Waals surface area (Å²) in [5, 5.41) is 13.7. The molecule has 0 amide bonds. The van der Waals surface area contributed by atoms with Gasteiger partial charge in [0.05, 0.1) is 17.6 Å². The quantitative estimate of drug-likeness (QED) is 0.287. The van der Waals surface area contributed by atoms with E-state index in [1.54, 1.807) is 0 Å². The zero-order valence-electron chi connectivity index (χ0n) is 23.5. The van der Waals surface area contributed by atoms with Gasteiger partial charge >= 0.3 is 5.97 Å². The molecule has 40 heavy (non-hydrogen) atoms. The van der Waals surface area contributed by atoms with E-state index in [-0.39, 0.29) is 24.9 Å². The summed E-state index contributed by atoms with van der Waals surface area (Å²) < 4.78 is 6.79. The van der Waals surface area contributed by atoms with Crippen LogP contribution in [0.3, 0.4) is 0 Å². The first-order valence-corrected chi connectivity index (χ1v) is 15.2. The lowest BCUT2D eigenvalue weighted by atomic mass is 9.73. The number of para-hydroxylation sites is 2. The average Bonchev–Trinajstić information content (AvgIpc) is 3.11. The summed E-state index contributed by atoms with van der Waals surface area (Å²) >= 11 is 0. The van der Waals surface area contributed by atoms with Crippen LogP contribution in [0.5, 0.6) is 0 Å². The third kappa shape index (κ3) is 5.42. The second-order valence-corrected chi connectivity index (χ2v) is 12.4. The molecule has 9 heteroatoms. The molecule has 2 saturated carbocycles. The Morgan fingerprint density at radius 3 is 2.30 bits per heavy atom. The van der Waals surface area contributed by atoms with E-state index >= 15 is 0 Å². The van der Waals surface area contributed by atoms with Crippen LogP contribution in [0.4, 0.5) is 0 Å². The predicted molar refractivity (Wildman–Crippen MR) is 153 cm³/mol. The van der Waals surface area contributed by atoms with Crippen LogP contribution in [-0.4, -0.2) is 69.7 Å². The topological polar surface area (TPSA) is 106 Å². The van der Waals surface area contributed by atoms with Crippen molar-refractivity contribution < 1.29 is 19.5 Å². The first kappa shape index (κ1) is 27.4. The summed E-state index contributed by atoms with van der Waals surface area (Å²) in [6, 6.07) is 9.09. The highest BCUT2D eigenvalue weighted by molar-refractivity contribution is 6.41. The third-order valence-electron chi connectivity index (χ3n) is 9.90. The molecular weight excluding hydrogens is 508 g/mol. The molecule has 6 atom stereocenters. The van der Waals surface area contributed by atoms with Crippen molar-refractivity contribution in [3.8, 4) is 0 Å². The maximum Gasteiger partial charge on any atom is 0.360 e. The SMILES string of the molecule is COCCO/N=C(\C(=O)O)c1nc2ccccc2n(C2C[C@H]3CCC[C@@H](C2)N3[C@@H]2C[C@@H]3CCCC[C@@H](C3)C2)c1=O. The maximum atomic E-state index is 14.1. The second kappa shape index (κ2) is 12.0. The summed E-state index contributed by atoms with van der Waals surface area (Å²) in [7, 11) is 1.52. The lowest BCUT2D eigenvalue weighted by Crippen LogP contribution is -2.58. The van der Waals surface area contributed by atoms with Crippen molar-refractivity contribution in [1.29, 1.82) is 0 Å². The Hall–Kier alpha value is -2.78. The number of carboxylic acid groups (broad SMARTS) is 1. The van der Waals surface area contributed by atoms with Crippen LogP contribution in [0.15, 0.2) is 34.2 Å². The summed E-state index contributed by atoms with van der Waals surface area (Å²) in [5.74, 6) is 0.409. The fourth-order valence-electron chi connectivity index (χ4n) is 8.39. The summed E-state index contributed by atoms with van der Waals surface area (Å²) in [6.07, 6.45) is 15.0. The van der Waals surface area contributed by atoms with Crippen molar-refractivity contribution in [2.45, 2.75) is 101 Å². The molecule has 0 spiro atoms. The van der Waals surface area contributed by atoms with Gasteiger partial charge < -0.3 is 19.2 Å². The molecule has 3 heterocycles. The molecule has 2 aromatic rings. The number of aliphatic carboxylic acids is 1. The number of carbonyl (C=O) groups is 1. The van der Waals surface area contributed by atoms with Gasteiger partial charge in [-0.3, -0.25) is 9.69 Å². The van der Waals surface area contributed by atoms with Gasteiger partial charge in [0.1, 0.15) is 6.61 Å². The highest BCUT2D eigenvalue weighted by Crippen LogP contribution is 2.47. The van der Waals surface area contributed by atoms with E-state index < -0.39 is 17.2 Å². The van der Waals surface area contributed by atoms with Gasteiger partial charge in [0.25, 0.3) is 5.56 Å². The van der Waals surface area contributed by atoms with Gasteiger partial charge in [-0.05, 0) is 68.9 Å². The number of hydrogen-bond acceptors (Lipinski definition) is 7. The number of carboxylic acids is 1. The molecule has 9 nitrogen and oxygen atoms in total. The molecular formula is C31H42N4O5. The van der Waals surface area contributed by atoms with Crippen LogP contribution >= 0.6 is 0 Å². The third-order valence-corrected chi connectivity index (χ3v) is 9.90. The average molecular weight is 551 g/mol. The number of benzene rings is 1. The van der Waals surface area contributed by atoms with Gasteiger partial charge in [0, 0.05) is 31.3 Å². The summed E-state index contributed by atoms with van der Waals surface area (Å²) in [4.78, 5) is 38.8. The summed E-state index contributed by atoms with van der Waals surface area (Å²) in [6.45, 7) is 0.343. The molecule has 4 aliphatic rings. The smallest absolute Gasteiger partial charge is 0.360 e. The molecule has 2 aliphatic carbocycles. The molecule has 1 aromatic heterocycles. The summed E-state index contributed by atoms with van der Waals surface area (Å²) in [5.41, 5.74) is 0.291. The molecule has 4 fully saturated rings. The second-order valence-electron chi connectivity index (χ2n) is 12.4. The Labute approximate surface area is 235 Å². The van der Waals surface area contributed by atoms with E-state index in [2.05, 4.69) is 15.0 Å². The highest BCUT2D eigenvalue weighted by atomic mass is 16.6. The van der Waals surface area contributed by atoms with E-state index in [1.807, 2.05) is 28.8 Å². The monoisotopic (exact) mass is 550 g/mol. The first-order valence-electron chi connectivity index (χ1n) is 15.2. The number of hydrogen-bond donors (Lipinski definition) is 1. The van der Waals surface area contributed by atoms with E-state index in [0.717, 1.165) is 30.2 Å². The molecule has 2 saturated heterocycles. The first-order chi connectivity index (χ1) is 19.5. The van der Waals surface area contributed by atoms with Gasteiger partial charge in [-0.25, -0.2) is 9.78 Å². The minimum absolute atomic E-state index is 0.0129. The van der Waals surface area contributed by atoms with Crippen LogP contribution in [0.25, 0.3) is 11.0 Å². The molecule has 1 aromatic carbocycles. The lowest BCUT2D eigenvalue weighted by Gasteiger charge is -2.54. The van der Waals surface area contributed by atoms with Gasteiger partial charge in [-0.1, -0.05) is 49.4 Å². The zero-order valence-corrected chi connectivity index (χ0v) is 23.5. The fourth-order valence-corrected chi connectivity index (χ4v) is 8.39. The van der Waals surface area contributed by atoms with E-state index in [1.165, 1.54) is 71.3 Å². The van der Waals surface area contributed by atoms with Crippen LogP contribution in [0.2, 0.25) is 0 Å². The van der Waals surface area contributed by atoms with E-state index in [4.69, 9.17) is 9.57 Å². The Morgan fingerprint density at radius 1 is 0.925 bits per heavy atom. The Morgan fingerprint density at radius 2 is 1.62 bits per heavy atom. The van der Waals surface area contributed by atoms with Crippen LogP contribution < -0.4 is 5.56 Å². The lowest BCUT2D eigenvalue weighted by molar-refractivity contribution is -0.129. The van der Waals surface area contributed by atoms with Crippen molar-refractivity contribution in [2.75, 3.05) is 20.3 Å². The highest BCUT2D eigenvalue weighted by Gasteiger charge is 2.45. The number of nitrogens with zero attached hydrogens (tertiary/aromatic N) is 4. The van der Waals surface area contributed by atoms with Crippen molar-refractivity contribution in [1.82, 2.24) is 14.5 Å². The number of rotatable bonds is 8. The van der Waals surface area contributed by atoms with Crippen LogP contribution in [0.1, 0.15) is 88.8 Å². The number of piperidine rings is 2. The van der Waals surface area contributed by atoms with Crippen molar-refractivity contribution in [2.24, 2.45) is 17.0 Å². The number of ether oxygens (including phenoxy) is 1. The number of fused-ring (bicyclic) bond motifs is 5.